The number of aromatic nitrogens is 4. The van der Waals surface area contributed by atoms with E-state index >= 15 is 0 Å². The molecule has 2 heterocycles. The summed E-state index contributed by atoms with van der Waals surface area (Å²) in [5.41, 5.74) is 7.70. The zero-order valence-corrected chi connectivity index (χ0v) is 8.10. The molecule has 0 spiro atoms. The standard InChI is InChI=1S/C9H11N5/c1-5(2)6-3-11-9-7(14-6)8(10)12-4-13-9/h3-5H,1-2H3,(H2,10,11,12,13). The molecule has 2 rings (SSSR count). The first-order chi connectivity index (χ1) is 6.68. The molecule has 0 fully saturated rings. The van der Waals surface area contributed by atoms with Crippen LogP contribution in [-0.4, -0.2) is 19.9 Å². The third-order valence-corrected chi connectivity index (χ3v) is 1.98. The van der Waals surface area contributed by atoms with Crippen LogP contribution in [0.1, 0.15) is 25.5 Å². The van der Waals surface area contributed by atoms with Crippen LogP contribution < -0.4 is 5.73 Å². The number of hydrogen-bond acceptors (Lipinski definition) is 5. The van der Waals surface area contributed by atoms with Gasteiger partial charge in [-0.2, -0.15) is 0 Å². The highest BCUT2D eigenvalue weighted by Crippen LogP contribution is 2.16. The van der Waals surface area contributed by atoms with Gasteiger partial charge in [0.15, 0.2) is 17.0 Å². The lowest BCUT2D eigenvalue weighted by atomic mass is 10.1. The Labute approximate surface area is 81.4 Å². The number of fused-ring (bicyclic) bond motifs is 1. The average molecular weight is 189 g/mol. The van der Waals surface area contributed by atoms with Gasteiger partial charge in [-0.3, -0.25) is 0 Å². The zero-order chi connectivity index (χ0) is 10.1. The van der Waals surface area contributed by atoms with Gasteiger partial charge in [-0.15, -0.1) is 0 Å². The molecular formula is C9H11N5. The average Bonchev–Trinajstić information content (AvgIpc) is 2.18. The van der Waals surface area contributed by atoms with Crippen molar-refractivity contribution >= 4 is 17.0 Å². The van der Waals surface area contributed by atoms with E-state index in [1.165, 1.54) is 6.33 Å². The minimum absolute atomic E-state index is 0.325. The molecular weight excluding hydrogens is 178 g/mol. The molecule has 72 valence electrons. The zero-order valence-electron chi connectivity index (χ0n) is 8.10. The molecule has 0 aliphatic carbocycles. The second kappa shape index (κ2) is 3.17. The Bertz CT molecular complexity index is 466. The number of rotatable bonds is 1. The Kier molecular flexibility index (Phi) is 1.99. The van der Waals surface area contributed by atoms with E-state index in [-0.39, 0.29) is 0 Å². The lowest BCUT2D eigenvalue weighted by Crippen LogP contribution is -2.01. The minimum Gasteiger partial charge on any atom is -0.382 e. The molecule has 0 atom stereocenters. The highest BCUT2D eigenvalue weighted by atomic mass is 15.0. The summed E-state index contributed by atoms with van der Waals surface area (Å²) in [5.74, 6) is 0.705. The number of anilines is 1. The molecule has 0 aromatic carbocycles. The predicted molar refractivity (Wildman–Crippen MR) is 53.6 cm³/mol. The highest BCUT2D eigenvalue weighted by Gasteiger charge is 2.06. The summed E-state index contributed by atoms with van der Waals surface area (Å²) < 4.78 is 0. The molecule has 0 aliphatic heterocycles. The van der Waals surface area contributed by atoms with E-state index < -0.39 is 0 Å². The molecule has 0 saturated heterocycles. The van der Waals surface area contributed by atoms with Gasteiger partial charge in [0.25, 0.3) is 0 Å². The van der Waals surface area contributed by atoms with E-state index in [9.17, 15) is 0 Å². The van der Waals surface area contributed by atoms with Gasteiger partial charge in [-0.25, -0.2) is 19.9 Å². The first-order valence-corrected chi connectivity index (χ1v) is 4.41. The van der Waals surface area contributed by atoms with Crippen LogP contribution in [0.3, 0.4) is 0 Å². The summed E-state index contributed by atoms with van der Waals surface area (Å²) in [6, 6.07) is 0. The molecule has 0 unspecified atom stereocenters. The summed E-state index contributed by atoms with van der Waals surface area (Å²) in [5, 5.41) is 0. The van der Waals surface area contributed by atoms with E-state index in [1.807, 2.05) is 0 Å². The molecule has 5 heteroatoms. The molecule has 14 heavy (non-hydrogen) atoms. The summed E-state index contributed by atoms with van der Waals surface area (Å²) >= 11 is 0. The summed E-state index contributed by atoms with van der Waals surface area (Å²) in [7, 11) is 0. The molecule has 5 nitrogen and oxygen atoms in total. The maximum Gasteiger partial charge on any atom is 0.183 e. The number of hydrogen-bond donors (Lipinski definition) is 1. The van der Waals surface area contributed by atoms with E-state index in [1.54, 1.807) is 6.20 Å². The fourth-order valence-corrected chi connectivity index (χ4v) is 1.15. The van der Waals surface area contributed by atoms with Crippen LogP contribution in [0.25, 0.3) is 11.2 Å². The van der Waals surface area contributed by atoms with Crippen molar-refractivity contribution in [2.75, 3.05) is 5.73 Å². The van der Waals surface area contributed by atoms with Crippen LogP contribution in [0.5, 0.6) is 0 Å². The van der Waals surface area contributed by atoms with Gasteiger partial charge < -0.3 is 5.73 Å². The van der Waals surface area contributed by atoms with Crippen LogP contribution in [0, 0.1) is 0 Å². The summed E-state index contributed by atoms with van der Waals surface area (Å²) in [6.45, 7) is 4.10. The third kappa shape index (κ3) is 1.37. The van der Waals surface area contributed by atoms with Gasteiger partial charge in [0.05, 0.1) is 11.9 Å². The Hall–Kier alpha value is -1.78. The first kappa shape index (κ1) is 8.80. The Balaban J connectivity index is 2.70. The smallest absolute Gasteiger partial charge is 0.183 e. The van der Waals surface area contributed by atoms with Crippen molar-refractivity contribution in [1.82, 2.24) is 19.9 Å². The number of nitrogens with two attached hydrogens (primary N) is 1. The van der Waals surface area contributed by atoms with Crippen molar-refractivity contribution in [1.29, 1.82) is 0 Å². The van der Waals surface area contributed by atoms with Gasteiger partial charge in [0.2, 0.25) is 0 Å². The topological polar surface area (TPSA) is 77.6 Å². The molecule has 2 N–H and O–H groups in total. The SMILES string of the molecule is CC(C)c1cnc2ncnc(N)c2n1. The summed E-state index contributed by atoms with van der Waals surface area (Å²) in [4.78, 5) is 16.4. The monoisotopic (exact) mass is 189 g/mol. The van der Waals surface area contributed by atoms with Crippen molar-refractivity contribution < 1.29 is 0 Å². The quantitative estimate of drug-likeness (QED) is 0.727. The van der Waals surface area contributed by atoms with Gasteiger partial charge in [-0.05, 0) is 5.92 Å². The van der Waals surface area contributed by atoms with Crippen molar-refractivity contribution in [2.45, 2.75) is 19.8 Å². The summed E-state index contributed by atoms with van der Waals surface area (Å²) in [6.07, 6.45) is 3.11. The van der Waals surface area contributed by atoms with Crippen LogP contribution in [-0.2, 0) is 0 Å². The number of nitrogen functional groups attached to an aromatic ring is 1. The van der Waals surface area contributed by atoms with E-state index in [0.717, 1.165) is 5.69 Å². The van der Waals surface area contributed by atoms with Crippen molar-refractivity contribution in [3.8, 4) is 0 Å². The lowest BCUT2D eigenvalue weighted by Gasteiger charge is -2.04. The molecule has 0 radical (unpaired) electrons. The fourth-order valence-electron chi connectivity index (χ4n) is 1.15. The van der Waals surface area contributed by atoms with E-state index in [2.05, 4.69) is 33.8 Å². The lowest BCUT2D eigenvalue weighted by molar-refractivity contribution is 0.820. The Morgan fingerprint density at radius 3 is 2.71 bits per heavy atom. The van der Waals surface area contributed by atoms with E-state index in [4.69, 9.17) is 5.73 Å². The molecule has 0 saturated carbocycles. The molecule has 2 aromatic rings. The maximum atomic E-state index is 5.67. The largest absolute Gasteiger partial charge is 0.382 e. The van der Waals surface area contributed by atoms with Gasteiger partial charge in [0.1, 0.15) is 6.33 Å². The Morgan fingerprint density at radius 2 is 2.00 bits per heavy atom. The molecule has 2 aromatic heterocycles. The first-order valence-electron chi connectivity index (χ1n) is 4.41. The normalized spacial score (nSPS) is 11.1. The van der Waals surface area contributed by atoms with Crippen LogP contribution in [0.4, 0.5) is 5.82 Å². The van der Waals surface area contributed by atoms with Crippen molar-refractivity contribution in [3.63, 3.8) is 0 Å². The highest BCUT2D eigenvalue weighted by molar-refractivity contribution is 5.80. The van der Waals surface area contributed by atoms with Gasteiger partial charge in [-0.1, -0.05) is 13.8 Å². The van der Waals surface area contributed by atoms with E-state index in [0.29, 0.717) is 22.9 Å². The van der Waals surface area contributed by atoms with Gasteiger partial charge >= 0.3 is 0 Å². The van der Waals surface area contributed by atoms with Crippen molar-refractivity contribution in [3.05, 3.63) is 18.2 Å². The second-order valence-electron chi connectivity index (χ2n) is 3.38. The van der Waals surface area contributed by atoms with Crippen LogP contribution >= 0.6 is 0 Å². The second-order valence-corrected chi connectivity index (χ2v) is 3.38. The maximum absolute atomic E-state index is 5.67. The third-order valence-electron chi connectivity index (χ3n) is 1.98. The number of nitrogens with zero attached hydrogens (tertiary/aromatic N) is 4. The minimum atomic E-state index is 0.325. The fraction of sp³-hybridized carbons (Fsp3) is 0.333. The molecule has 0 aliphatic rings. The van der Waals surface area contributed by atoms with Gasteiger partial charge in [0, 0.05) is 0 Å². The molecule has 0 amide bonds. The predicted octanol–water partition coefficient (Wildman–Crippen LogP) is 1.13. The molecule has 0 bridgehead atoms. The van der Waals surface area contributed by atoms with Crippen LogP contribution in [0.2, 0.25) is 0 Å². The van der Waals surface area contributed by atoms with Crippen LogP contribution in [0.15, 0.2) is 12.5 Å². The Morgan fingerprint density at radius 1 is 1.21 bits per heavy atom. The van der Waals surface area contributed by atoms with Crippen molar-refractivity contribution in [2.24, 2.45) is 0 Å².